The van der Waals surface area contributed by atoms with E-state index in [-0.39, 0.29) is 22.8 Å². The van der Waals surface area contributed by atoms with Crippen molar-refractivity contribution in [2.24, 2.45) is 0 Å². The van der Waals surface area contributed by atoms with Crippen LogP contribution in [0.4, 0.5) is 0 Å². The first-order valence-electron chi connectivity index (χ1n) is 7.61. The van der Waals surface area contributed by atoms with Crippen LogP contribution in [0.25, 0.3) is 0 Å². The Morgan fingerprint density at radius 1 is 1.15 bits per heavy atom. The minimum atomic E-state index is -0.511. The van der Waals surface area contributed by atoms with Gasteiger partial charge in [0.15, 0.2) is 0 Å². The number of piperidine rings is 1. The minimum Gasteiger partial charge on any atom is -0.393 e. The quantitative estimate of drug-likeness (QED) is 0.832. The third-order valence-corrected chi connectivity index (χ3v) is 4.03. The van der Waals surface area contributed by atoms with Gasteiger partial charge in [0.25, 0.3) is 0 Å². The molecule has 0 saturated carbocycles. The van der Waals surface area contributed by atoms with Crippen molar-refractivity contribution in [1.29, 1.82) is 0 Å². The van der Waals surface area contributed by atoms with Gasteiger partial charge in [-0.15, -0.1) is 0 Å². The van der Waals surface area contributed by atoms with Gasteiger partial charge in [-0.3, -0.25) is 4.90 Å². The molecule has 0 amide bonds. The summed E-state index contributed by atoms with van der Waals surface area (Å²) in [5, 5.41) is 20.3. The van der Waals surface area contributed by atoms with Crippen molar-refractivity contribution in [2.75, 3.05) is 13.2 Å². The van der Waals surface area contributed by atoms with Gasteiger partial charge in [-0.1, -0.05) is 0 Å². The van der Waals surface area contributed by atoms with Gasteiger partial charge >= 0.3 is 0 Å². The molecule has 0 radical (unpaired) electrons. The normalized spacial score (nSPS) is 25.6. The molecule has 2 N–H and O–H groups in total. The summed E-state index contributed by atoms with van der Waals surface area (Å²) < 4.78 is 5.66. The number of aliphatic hydroxyl groups excluding tert-OH is 2. The lowest BCUT2D eigenvalue weighted by molar-refractivity contribution is -0.114. The summed E-state index contributed by atoms with van der Waals surface area (Å²) in [6, 6.07) is 0. The van der Waals surface area contributed by atoms with Crippen molar-refractivity contribution in [3.8, 4) is 0 Å². The van der Waals surface area contributed by atoms with Gasteiger partial charge in [-0.05, 0) is 61.3 Å². The fourth-order valence-electron chi connectivity index (χ4n) is 3.37. The van der Waals surface area contributed by atoms with Crippen LogP contribution < -0.4 is 0 Å². The van der Waals surface area contributed by atoms with E-state index in [1.54, 1.807) is 0 Å². The Bertz CT molecular complexity index is 302. The van der Waals surface area contributed by atoms with Gasteiger partial charge in [0.1, 0.15) is 0 Å². The van der Waals surface area contributed by atoms with Crippen LogP contribution in [0, 0.1) is 0 Å². The van der Waals surface area contributed by atoms with E-state index in [0.717, 1.165) is 12.8 Å². The first kappa shape index (κ1) is 17.9. The Morgan fingerprint density at radius 3 is 2.00 bits per heavy atom. The van der Waals surface area contributed by atoms with Gasteiger partial charge < -0.3 is 14.9 Å². The summed E-state index contributed by atoms with van der Waals surface area (Å²) in [6.45, 7) is 15.4. The van der Waals surface area contributed by atoms with E-state index in [0.29, 0.717) is 13.2 Å². The average molecular weight is 287 g/mol. The maximum absolute atomic E-state index is 10.3. The number of ether oxygens (including phenoxy) is 1. The molecule has 0 unspecified atom stereocenters. The number of β-amino-alcohol motifs (C(OH)–C–C–N with tert-alkyl or cyclic N) is 1. The zero-order chi connectivity index (χ0) is 15.8. The predicted molar refractivity (Wildman–Crippen MR) is 81.8 cm³/mol. The standard InChI is InChI=1S/C16H33NO3/c1-14(2,3)20-11-13(19)10-17-15(4,5)8-12(18)9-16(17,6)7/h12-13,18-19H,8-11H2,1-7H3/t13-/m1/s1. The second kappa shape index (κ2) is 5.91. The molecule has 1 fully saturated rings. The van der Waals surface area contributed by atoms with Crippen LogP contribution in [0.3, 0.4) is 0 Å². The summed E-state index contributed by atoms with van der Waals surface area (Å²) in [4.78, 5) is 2.31. The summed E-state index contributed by atoms with van der Waals surface area (Å²) in [5.74, 6) is 0. The summed E-state index contributed by atoms with van der Waals surface area (Å²) in [7, 11) is 0. The number of hydrogen-bond donors (Lipinski definition) is 2. The lowest BCUT2D eigenvalue weighted by Gasteiger charge is -2.55. The summed E-state index contributed by atoms with van der Waals surface area (Å²) in [5.41, 5.74) is -0.474. The molecule has 120 valence electrons. The van der Waals surface area contributed by atoms with Crippen LogP contribution in [0.5, 0.6) is 0 Å². The van der Waals surface area contributed by atoms with E-state index in [4.69, 9.17) is 4.74 Å². The number of nitrogens with zero attached hydrogens (tertiary/aromatic N) is 1. The molecule has 1 aliphatic rings. The largest absolute Gasteiger partial charge is 0.393 e. The van der Waals surface area contributed by atoms with E-state index < -0.39 is 6.10 Å². The second-order valence-corrected chi connectivity index (χ2v) is 8.37. The van der Waals surface area contributed by atoms with Crippen LogP contribution in [0.15, 0.2) is 0 Å². The Kier molecular flexibility index (Phi) is 5.29. The maximum Gasteiger partial charge on any atom is 0.0900 e. The van der Waals surface area contributed by atoms with Crippen LogP contribution in [0.1, 0.15) is 61.3 Å². The van der Waals surface area contributed by atoms with Crippen molar-refractivity contribution in [3.05, 3.63) is 0 Å². The molecule has 0 aromatic rings. The van der Waals surface area contributed by atoms with Gasteiger partial charge in [-0.25, -0.2) is 0 Å². The van der Waals surface area contributed by atoms with E-state index in [1.807, 2.05) is 20.8 Å². The highest BCUT2D eigenvalue weighted by Gasteiger charge is 2.45. The van der Waals surface area contributed by atoms with Gasteiger partial charge in [0, 0.05) is 17.6 Å². The van der Waals surface area contributed by atoms with Crippen molar-refractivity contribution in [1.82, 2.24) is 4.90 Å². The maximum atomic E-state index is 10.3. The molecule has 1 rings (SSSR count). The molecule has 4 heteroatoms. The molecule has 0 spiro atoms. The first-order valence-corrected chi connectivity index (χ1v) is 7.61. The Labute approximate surface area is 124 Å². The molecule has 0 aliphatic carbocycles. The van der Waals surface area contributed by atoms with Crippen LogP contribution >= 0.6 is 0 Å². The smallest absolute Gasteiger partial charge is 0.0900 e. The second-order valence-electron chi connectivity index (χ2n) is 8.37. The number of rotatable bonds is 4. The molecule has 0 aromatic heterocycles. The molecule has 20 heavy (non-hydrogen) atoms. The molecule has 1 saturated heterocycles. The van der Waals surface area contributed by atoms with Gasteiger partial charge in [-0.2, -0.15) is 0 Å². The summed E-state index contributed by atoms with van der Waals surface area (Å²) >= 11 is 0. The molecule has 1 heterocycles. The third-order valence-electron chi connectivity index (χ3n) is 4.03. The predicted octanol–water partition coefficient (Wildman–Crippen LogP) is 2.18. The van der Waals surface area contributed by atoms with E-state index >= 15 is 0 Å². The van der Waals surface area contributed by atoms with Gasteiger partial charge in [0.05, 0.1) is 24.4 Å². The highest BCUT2D eigenvalue weighted by molar-refractivity contribution is 5.00. The first-order chi connectivity index (χ1) is 8.83. The monoisotopic (exact) mass is 287 g/mol. The fraction of sp³-hybridized carbons (Fsp3) is 1.00. The SMILES string of the molecule is CC(C)(C)OC[C@H](O)CN1C(C)(C)CC(O)CC1(C)C. The molecule has 1 aliphatic heterocycles. The topological polar surface area (TPSA) is 52.9 Å². The lowest BCUT2D eigenvalue weighted by Crippen LogP contribution is -2.63. The van der Waals surface area contributed by atoms with Crippen LogP contribution in [-0.4, -0.2) is 57.2 Å². The van der Waals surface area contributed by atoms with E-state index in [2.05, 4.69) is 32.6 Å². The number of aliphatic hydroxyl groups is 2. The zero-order valence-electron chi connectivity index (χ0n) is 14.2. The van der Waals surface area contributed by atoms with Crippen molar-refractivity contribution < 1.29 is 14.9 Å². The van der Waals surface area contributed by atoms with Crippen molar-refractivity contribution >= 4 is 0 Å². The molecule has 4 nitrogen and oxygen atoms in total. The fourth-order valence-corrected chi connectivity index (χ4v) is 3.37. The highest BCUT2D eigenvalue weighted by atomic mass is 16.5. The molecular formula is C16H33NO3. The average Bonchev–Trinajstić information content (AvgIpc) is 2.17. The Hall–Kier alpha value is -0.160. The minimum absolute atomic E-state index is 0.121. The highest BCUT2D eigenvalue weighted by Crippen LogP contribution is 2.38. The number of hydrogen-bond acceptors (Lipinski definition) is 4. The molecule has 1 atom stereocenters. The summed E-state index contributed by atoms with van der Waals surface area (Å²) in [6.07, 6.45) is 0.703. The van der Waals surface area contributed by atoms with Gasteiger partial charge in [0.2, 0.25) is 0 Å². The van der Waals surface area contributed by atoms with Crippen LogP contribution in [0.2, 0.25) is 0 Å². The Morgan fingerprint density at radius 2 is 1.60 bits per heavy atom. The van der Waals surface area contributed by atoms with Crippen LogP contribution in [-0.2, 0) is 4.74 Å². The Balaban J connectivity index is 2.68. The molecule has 0 bridgehead atoms. The lowest BCUT2D eigenvalue weighted by atomic mass is 9.78. The molecule has 0 aromatic carbocycles. The van der Waals surface area contributed by atoms with E-state index in [1.165, 1.54) is 0 Å². The number of likely N-dealkylation sites (tertiary alicyclic amines) is 1. The molecular weight excluding hydrogens is 254 g/mol. The van der Waals surface area contributed by atoms with Crippen molar-refractivity contribution in [2.45, 2.75) is 90.2 Å². The zero-order valence-corrected chi connectivity index (χ0v) is 14.2. The third kappa shape index (κ3) is 4.99. The van der Waals surface area contributed by atoms with E-state index in [9.17, 15) is 10.2 Å². The van der Waals surface area contributed by atoms with Crippen molar-refractivity contribution in [3.63, 3.8) is 0 Å².